The average Bonchev–Trinajstić information content (AvgIpc) is 3.17. The zero-order valence-electron chi connectivity index (χ0n) is 14.5. The summed E-state index contributed by atoms with van der Waals surface area (Å²) in [6.07, 6.45) is 2.39. The van der Waals surface area contributed by atoms with E-state index in [-0.39, 0.29) is 12.5 Å². The molecule has 4 rings (SSSR count). The molecule has 2 aromatic carbocycles. The number of aliphatic hydroxyl groups is 1. The summed E-state index contributed by atoms with van der Waals surface area (Å²) >= 11 is 0. The third kappa shape index (κ3) is 3.43. The number of fused-ring (bicyclic) bond motifs is 1. The minimum absolute atomic E-state index is 0.110. The van der Waals surface area contributed by atoms with Crippen LogP contribution >= 0.6 is 0 Å². The second kappa shape index (κ2) is 7.39. The minimum atomic E-state index is -0.773. The van der Waals surface area contributed by atoms with Crippen LogP contribution in [0, 0.1) is 0 Å². The van der Waals surface area contributed by atoms with Gasteiger partial charge in [0.25, 0.3) is 5.91 Å². The van der Waals surface area contributed by atoms with Gasteiger partial charge in [0.2, 0.25) is 0 Å². The van der Waals surface area contributed by atoms with Crippen molar-refractivity contribution in [1.29, 1.82) is 0 Å². The summed E-state index contributed by atoms with van der Waals surface area (Å²) in [5.74, 6) is -0.322. The van der Waals surface area contributed by atoms with E-state index in [0.717, 1.165) is 16.8 Å². The number of amides is 1. The van der Waals surface area contributed by atoms with Crippen molar-refractivity contribution < 1.29 is 9.90 Å². The molecule has 0 aliphatic heterocycles. The topological polar surface area (TPSA) is 79.5 Å². The van der Waals surface area contributed by atoms with Crippen molar-refractivity contribution >= 4 is 11.6 Å². The lowest BCUT2D eigenvalue weighted by Crippen LogP contribution is -2.28. The van der Waals surface area contributed by atoms with Crippen molar-refractivity contribution in [2.45, 2.75) is 6.10 Å². The monoisotopic (exact) mass is 358 g/mol. The lowest BCUT2D eigenvalue weighted by Gasteiger charge is -2.11. The molecule has 6 heteroatoms. The van der Waals surface area contributed by atoms with Crippen molar-refractivity contribution in [3.8, 4) is 11.3 Å². The normalized spacial score (nSPS) is 12.0. The molecule has 1 unspecified atom stereocenters. The molecule has 2 aromatic heterocycles. The number of carbonyl (C=O) groups excluding carboxylic acids is 1. The highest BCUT2D eigenvalue weighted by atomic mass is 16.3. The van der Waals surface area contributed by atoms with Gasteiger partial charge in [0.05, 0.1) is 18.0 Å². The molecule has 0 saturated heterocycles. The first-order valence-electron chi connectivity index (χ1n) is 8.63. The quantitative estimate of drug-likeness (QED) is 0.575. The molecule has 6 nitrogen and oxygen atoms in total. The van der Waals surface area contributed by atoms with Crippen molar-refractivity contribution in [3.05, 3.63) is 90.3 Å². The molecule has 0 radical (unpaired) electrons. The van der Waals surface area contributed by atoms with Gasteiger partial charge in [-0.3, -0.25) is 4.79 Å². The van der Waals surface area contributed by atoms with Gasteiger partial charge in [-0.15, -0.1) is 0 Å². The van der Waals surface area contributed by atoms with Gasteiger partial charge in [-0.05, 0) is 11.6 Å². The van der Waals surface area contributed by atoms with Crippen molar-refractivity contribution in [2.75, 3.05) is 6.54 Å². The first-order valence-corrected chi connectivity index (χ1v) is 8.63. The van der Waals surface area contributed by atoms with Gasteiger partial charge in [-0.1, -0.05) is 60.7 Å². The van der Waals surface area contributed by atoms with E-state index in [1.807, 2.05) is 66.7 Å². The van der Waals surface area contributed by atoms with Gasteiger partial charge >= 0.3 is 0 Å². The largest absolute Gasteiger partial charge is 0.387 e. The SMILES string of the molecule is O=C(NCC(O)c1ccccc1)c1cnn2c(-c3ccccc3)ccnc12. The zero-order chi connectivity index (χ0) is 18.6. The van der Waals surface area contributed by atoms with E-state index in [2.05, 4.69) is 15.4 Å². The standard InChI is InChI=1S/C21H18N4O2/c26-19(16-9-5-2-6-10-16)14-23-21(27)17-13-24-25-18(11-12-22-20(17)25)15-7-3-1-4-8-15/h1-13,19,26H,14H2,(H,23,27). The van der Waals surface area contributed by atoms with Gasteiger partial charge in [-0.2, -0.15) is 5.10 Å². The maximum atomic E-state index is 12.6. The highest BCUT2D eigenvalue weighted by Crippen LogP contribution is 2.20. The molecule has 0 aliphatic rings. The molecule has 2 N–H and O–H groups in total. The Balaban J connectivity index is 1.56. The molecule has 1 amide bonds. The molecule has 0 spiro atoms. The molecule has 134 valence electrons. The van der Waals surface area contributed by atoms with Gasteiger partial charge in [-0.25, -0.2) is 9.50 Å². The van der Waals surface area contributed by atoms with Gasteiger partial charge in [0, 0.05) is 18.3 Å². The van der Waals surface area contributed by atoms with Crippen LogP contribution in [-0.4, -0.2) is 32.2 Å². The smallest absolute Gasteiger partial charge is 0.256 e. The third-order valence-electron chi connectivity index (χ3n) is 4.36. The van der Waals surface area contributed by atoms with Crippen LogP contribution in [0.15, 0.2) is 79.1 Å². The second-order valence-electron chi connectivity index (χ2n) is 6.13. The fraction of sp³-hybridized carbons (Fsp3) is 0.0952. The zero-order valence-corrected chi connectivity index (χ0v) is 14.5. The summed E-state index contributed by atoms with van der Waals surface area (Å²) in [7, 11) is 0. The van der Waals surface area contributed by atoms with Crippen LogP contribution in [0.25, 0.3) is 16.9 Å². The number of rotatable bonds is 5. The molecule has 0 aliphatic carbocycles. The Morgan fingerprint density at radius 2 is 1.74 bits per heavy atom. The summed E-state index contributed by atoms with van der Waals surface area (Å²) in [5, 5.41) is 17.3. The number of aliphatic hydroxyl groups excluding tert-OH is 1. The maximum absolute atomic E-state index is 12.6. The molecule has 0 saturated carbocycles. The van der Waals surface area contributed by atoms with Crippen LogP contribution in [0.5, 0.6) is 0 Å². The number of nitrogens with zero attached hydrogens (tertiary/aromatic N) is 3. The number of hydrogen-bond acceptors (Lipinski definition) is 4. The predicted molar refractivity (Wildman–Crippen MR) is 102 cm³/mol. The van der Waals surface area contributed by atoms with E-state index < -0.39 is 6.10 Å². The van der Waals surface area contributed by atoms with E-state index in [4.69, 9.17) is 0 Å². The van der Waals surface area contributed by atoms with Gasteiger partial charge in [0.1, 0.15) is 5.56 Å². The van der Waals surface area contributed by atoms with E-state index in [0.29, 0.717) is 11.2 Å². The Morgan fingerprint density at radius 1 is 1.04 bits per heavy atom. The van der Waals surface area contributed by atoms with E-state index in [1.165, 1.54) is 6.20 Å². The second-order valence-corrected chi connectivity index (χ2v) is 6.13. The van der Waals surface area contributed by atoms with E-state index in [1.54, 1.807) is 10.7 Å². The van der Waals surface area contributed by atoms with Crippen LogP contribution in [-0.2, 0) is 0 Å². The van der Waals surface area contributed by atoms with Crippen LogP contribution < -0.4 is 5.32 Å². The number of aromatic nitrogens is 3. The number of hydrogen-bond donors (Lipinski definition) is 2. The molecule has 4 aromatic rings. The third-order valence-corrected chi connectivity index (χ3v) is 4.36. The average molecular weight is 358 g/mol. The summed E-state index contributed by atoms with van der Waals surface area (Å²) in [6.45, 7) is 0.110. The Hall–Kier alpha value is -3.51. The summed E-state index contributed by atoms with van der Waals surface area (Å²) in [5.41, 5.74) is 3.43. The molecule has 0 fully saturated rings. The highest BCUT2D eigenvalue weighted by Gasteiger charge is 2.17. The maximum Gasteiger partial charge on any atom is 0.256 e. The first kappa shape index (κ1) is 16.9. The molecular weight excluding hydrogens is 340 g/mol. The molecule has 1 atom stereocenters. The van der Waals surface area contributed by atoms with Crippen LogP contribution in [0.2, 0.25) is 0 Å². The van der Waals surface area contributed by atoms with Crippen molar-refractivity contribution in [3.63, 3.8) is 0 Å². The Morgan fingerprint density at radius 3 is 2.48 bits per heavy atom. The summed E-state index contributed by atoms with van der Waals surface area (Å²) in [4.78, 5) is 16.9. The fourth-order valence-electron chi connectivity index (χ4n) is 2.96. The number of carbonyl (C=O) groups is 1. The van der Waals surface area contributed by atoms with Crippen molar-refractivity contribution in [2.24, 2.45) is 0 Å². The van der Waals surface area contributed by atoms with Gasteiger partial charge < -0.3 is 10.4 Å². The van der Waals surface area contributed by atoms with Crippen LogP contribution in [0.4, 0.5) is 0 Å². The Bertz CT molecular complexity index is 1060. The predicted octanol–water partition coefficient (Wildman–Crippen LogP) is 2.86. The van der Waals surface area contributed by atoms with E-state index >= 15 is 0 Å². The number of benzene rings is 2. The first-order chi connectivity index (χ1) is 13.2. The lowest BCUT2D eigenvalue weighted by molar-refractivity contribution is 0.0917. The van der Waals surface area contributed by atoms with E-state index in [9.17, 15) is 9.90 Å². The van der Waals surface area contributed by atoms with Crippen molar-refractivity contribution in [1.82, 2.24) is 19.9 Å². The minimum Gasteiger partial charge on any atom is -0.387 e. The fourth-order valence-corrected chi connectivity index (χ4v) is 2.96. The molecule has 2 heterocycles. The highest BCUT2D eigenvalue weighted by molar-refractivity contribution is 5.99. The Kier molecular flexibility index (Phi) is 4.63. The van der Waals surface area contributed by atoms with Crippen LogP contribution in [0.1, 0.15) is 22.0 Å². The summed E-state index contributed by atoms with van der Waals surface area (Å²) in [6, 6.07) is 20.9. The van der Waals surface area contributed by atoms with Gasteiger partial charge in [0.15, 0.2) is 5.65 Å². The molecular formula is C21H18N4O2. The molecule has 27 heavy (non-hydrogen) atoms. The Labute approximate surface area is 156 Å². The van der Waals surface area contributed by atoms with Crippen LogP contribution in [0.3, 0.4) is 0 Å². The summed E-state index contributed by atoms with van der Waals surface area (Å²) < 4.78 is 1.65. The molecule has 0 bridgehead atoms. The number of nitrogens with one attached hydrogen (secondary N) is 1. The lowest BCUT2D eigenvalue weighted by atomic mass is 10.1.